The molecule has 0 spiro atoms. The molecule has 0 aromatic carbocycles. The minimum atomic E-state index is 0.115. The summed E-state index contributed by atoms with van der Waals surface area (Å²) in [5.74, 6) is 1.77. The summed E-state index contributed by atoms with van der Waals surface area (Å²) >= 11 is 1.72. The first kappa shape index (κ1) is 12.2. The summed E-state index contributed by atoms with van der Waals surface area (Å²) in [5.41, 5.74) is 2.03. The fraction of sp³-hybridized carbons (Fsp3) is 0.286. The van der Waals surface area contributed by atoms with Crippen molar-refractivity contribution in [2.45, 2.75) is 26.8 Å². The van der Waals surface area contributed by atoms with E-state index < -0.39 is 0 Å². The molecule has 0 saturated heterocycles. The Labute approximate surface area is 115 Å². The van der Waals surface area contributed by atoms with Gasteiger partial charge in [0.05, 0.1) is 11.7 Å². The molecule has 3 aromatic rings. The summed E-state index contributed by atoms with van der Waals surface area (Å²) in [6, 6.07) is 4.24. The maximum atomic E-state index is 5.22. The lowest BCUT2D eigenvalue weighted by Gasteiger charge is -2.15. The van der Waals surface area contributed by atoms with Gasteiger partial charge < -0.3 is 9.84 Å². The van der Waals surface area contributed by atoms with Crippen LogP contribution < -0.4 is 5.32 Å². The third-order valence-corrected chi connectivity index (χ3v) is 4.14. The van der Waals surface area contributed by atoms with Gasteiger partial charge in [0, 0.05) is 21.8 Å². The molecule has 0 bridgehead atoms. The zero-order valence-corrected chi connectivity index (χ0v) is 11.9. The average molecular weight is 273 g/mol. The van der Waals surface area contributed by atoms with E-state index in [4.69, 9.17) is 4.52 Å². The van der Waals surface area contributed by atoms with Gasteiger partial charge in [-0.15, -0.1) is 11.3 Å². The fourth-order valence-electron chi connectivity index (χ4n) is 2.40. The van der Waals surface area contributed by atoms with Gasteiger partial charge >= 0.3 is 0 Å². The molecule has 0 saturated carbocycles. The second-order valence-electron chi connectivity index (χ2n) is 4.60. The number of aromatic nitrogens is 2. The summed E-state index contributed by atoms with van der Waals surface area (Å²) in [6.45, 7) is 5.99. The molecule has 1 N–H and O–H groups in total. The van der Waals surface area contributed by atoms with Gasteiger partial charge in [-0.1, -0.05) is 5.16 Å². The minimum Gasteiger partial charge on any atom is -0.363 e. The summed E-state index contributed by atoms with van der Waals surface area (Å²) in [6.07, 6.45) is 1.83. The van der Waals surface area contributed by atoms with Crippen molar-refractivity contribution < 1.29 is 4.52 Å². The van der Waals surface area contributed by atoms with E-state index in [1.807, 2.05) is 26.1 Å². The summed E-state index contributed by atoms with van der Waals surface area (Å²) in [4.78, 5) is 4.43. The number of pyridine rings is 1. The average Bonchev–Trinajstić information content (AvgIpc) is 2.97. The van der Waals surface area contributed by atoms with Crippen LogP contribution in [0.25, 0.3) is 10.1 Å². The first-order valence-electron chi connectivity index (χ1n) is 6.18. The highest BCUT2D eigenvalue weighted by atomic mass is 32.1. The molecular weight excluding hydrogens is 258 g/mol. The molecule has 0 aliphatic rings. The van der Waals surface area contributed by atoms with Crippen LogP contribution in [0.15, 0.2) is 28.2 Å². The van der Waals surface area contributed by atoms with Gasteiger partial charge in [0.1, 0.15) is 11.6 Å². The topological polar surface area (TPSA) is 51.0 Å². The summed E-state index contributed by atoms with van der Waals surface area (Å²) < 4.78 is 6.46. The molecule has 98 valence electrons. The van der Waals surface area contributed by atoms with Crippen LogP contribution in [0.5, 0.6) is 0 Å². The van der Waals surface area contributed by atoms with Gasteiger partial charge in [0.25, 0.3) is 0 Å². The number of fused-ring (bicyclic) bond motifs is 1. The van der Waals surface area contributed by atoms with Crippen molar-refractivity contribution in [3.63, 3.8) is 0 Å². The predicted octanol–water partition coefficient (Wildman–Crippen LogP) is 4.07. The second kappa shape index (κ2) is 4.66. The van der Waals surface area contributed by atoms with Gasteiger partial charge in [-0.3, -0.25) is 0 Å². The molecule has 1 atom stereocenters. The number of anilines is 1. The number of nitrogens with zero attached hydrogens (tertiary/aromatic N) is 2. The molecule has 0 aliphatic heterocycles. The van der Waals surface area contributed by atoms with Crippen LogP contribution in [0.1, 0.15) is 30.0 Å². The van der Waals surface area contributed by atoms with E-state index >= 15 is 0 Å². The third kappa shape index (κ3) is 2.10. The first-order valence-corrected chi connectivity index (χ1v) is 7.06. The zero-order valence-electron chi connectivity index (χ0n) is 11.1. The second-order valence-corrected chi connectivity index (χ2v) is 5.54. The largest absolute Gasteiger partial charge is 0.363 e. The van der Waals surface area contributed by atoms with E-state index in [0.717, 1.165) is 28.2 Å². The highest BCUT2D eigenvalue weighted by molar-refractivity contribution is 7.17. The Bertz CT molecular complexity index is 697. The molecule has 1 unspecified atom stereocenters. The van der Waals surface area contributed by atoms with Crippen LogP contribution in [0.4, 0.5) is 5.82 Å². The lowest BCUT2D eigenvalue weighted by atomic mass is 10.1. The van der Waals surface area contributed by atoms with Crippen LogP contribution in [-0.2, 0) is 0 Å². The lowest BCUT2D eigenvalue weighted by Crippen LogP contribution is -2.09. The molecule has 3 rings (SSSR count). The number of nitrogens with one attached hydrogen (secondary N) is 1. The van der Waals surface area contributed by atoms with Gasteiger partial charge in [-0.25, -0.2) is 4.98 Å². The van der Waals surface area contributed by atoms with Crippen LogP contribution in [0, 0.1) is 13.8 Å². The Morgan fingerprint density at radius 3 is 2.89 bits per heavy atom. The Morgan fingerprint density at radius 1 is 1.32 bits per heavy atom. The standard InChI is InChI=1S/C14H15N3OS/c1-8(13-9(2)17-18-10(13)3)16-14-11-5-7-19-12(11)4-6-15-14/h4-8H,1-3H3,(H,15,16). The van der Waals surface area contributed by atoms with Gasteiger partial charge in [0.2, 0.25) is 0 Å². The molecule has 0 radical (unpaired) electrons. The van der Waals surface area contributed by atoms with E-state index in [-0.39, 0.29) is 6.04 Å². The normalized spacial score (nSPS) is 12.8. The number of hydrogen-bond acceptors (Lipinski definition) is 5. The van der Waals surface area contributed by atoms with Crippen LogP contribution in [0.3, 0.4) is 0 Å². The SMILES string of the molecule is Cc1noc(C)c1C(C)Nc1nccc2sccc12. The van der Waals surface area contributed by atoms with Crippen molar-refractivity contribution in [2.75, 3.05) is 5.32 Å². The molecule has 5 heteroatoms. The predicted molar refractivity (Wildman–Crippen MR) is 77.6 cm³/mol. The fourth-order valence-corrected chi connectivity index (χ4v) is 3.18. The van der Waals surface area contributed by atoms with Crippen LogP contribution >= 0.6 is 11.3 Å². The minimum absolute atomic E-state index is 0.115. The molecule has 0 amide bonds. The van der Waals surface area contributed by atoms with Crippen molar-refractivity contribution in [3.05, 3.63) is 40.7 Å². The van der Waals surface area contributed by atoms with Gasteiger partial charge in [-0.05, 0) is 38.3 Å². The van der Waals surface area contributed by atoms with Crippen LogP contribution in [-0.4, -0.2) is 10.1 Å². The van der Waals surface area contributed by atoms with E-state index in [2.05, 4.69) is 33.8 Å². The van der Waals surface area contributed by atoms with Gasteiger partial charge in [0.15, 0.2) is 0 Å². The van der Waals surface area contributed by atoms with Crippen molar-refractivity contribution >= 4 is 27.2 Å². The van der Waals surface area contributed by atoms with Crippen molar-refractivity contribution in [2.24, 2.45) is 0 Å². The molecular formula is C14H15N3OS. The lowest BCUT2D eigenvalue weighted by molar-refractivity contribution is 0.392. The van der Waals surface area contributed by atoms with Crippen molar-refractivity contribution in [1.29, 1.82) is 0 Å². The van der Waals surface area contributed by atoms with Crippen molar-refractivity contribution in [3.8, 4) is 0 Å². The number of rotatable bonds is 3. The number of thiophene rings is 1. The number of hydrogen-bond donors (Lipinski definition) is 1. The van der Waals surface area contributed by atoms with E-state index in [0.29, 0.717) is 0 Å². The van der Waals surface area contributed by atoms with Crippen LogP contribution in [0.2, 0.25) is 0 Å². The maximum absolute atomic E-state index is 5.22. The Morgan fingerprint density at radius 2 is 2.16 bits per heavy atom. The Balaban J connectivity index is 1.95. The molecule has 19 heavy (non-hydrogen) atoms. The van der Waals surface area contributed by atoms with E-state index in [9.17, 15) is 0 Å². The number of aryl methyl sites for hydroxylation is 2. The quantitative estimate of drug-likeness (QED) is 0.781. The highest BCUT2D eigenvalue weighted by Gasteiger charge is 2.17. The Hall–Kier alpha value is -1.88. The monoisotopic (exact) mass is 273 g/mol. The third-order valence-electron chi connectivity index (χ3n) is 3.25. The first-order chi connectivity index (χ1) is 9.16. The highest BCUT2D eigenvalue weighted by Crippen LogP contribution is 2.30. The zero-order chi connectivity index (χ0) is 13.4. The summed E-state index contributed by atoms with van der Waals surface area (Å²) in [7, 11) is 0. The smallest absolute Gasteiger partial charge is 0.139 e. The molecule has 4 nitrogen and oxygen atoms in total. The molecule has 0 aliphatic carbocycles. The van der Waals surface area contributed by atoms with Crippen molar-refractivity contribution in [1.82, 2.24) is 10.1 Å². The Kier molecular flexibility index (Phi) is 2.98. The molecule has 3 aromatic heterocycles. The van der Waals surface area contributed by atoms with E-state index in [1.165, 1.54) is 4.70 Å². The van der Waals surface area contributed by atoms with Gasteiger partial charge in [-0.2, -0.15) is 0 Å². The summed E-state index contributed by atoms with van der Waals surface area (Å²) in [5, 5.41) is 10.7. The maximum Gasteiger partial charge on any atom is 0.139 e. The molecule has 0 fully saturated rings. The molecule has 3 heterocycles. The van der Waals surface area contributed by atoms with E-state index in [1.54, 1.807) is 11.3 Å².